The summed E-state index contributed by atoms with van der Waals surface area (Å²) >= 11 is 12.6. The number of likely N-dealkylation sites (tertiary alicyclic amines) is 1. The number of aliphatic hydroxyl groups excluding tert-OH is 1. The molecule has 3 aliphatic rings. The second kappa shape index (κ2) is 17.7. The summed E-state index contributed by atoms with van der Waals surface area (Å²) in [6.45, 7) is 2.11. The number of amides is 4. The van der Waals surface area contributed by atoms with Crippen molar-refractivity contribution in [2.24, 2.45) is 0 Å². The van der Waals surface area contributed by atoms with E-state index in [0.29, 0.717) is 65.6 Å². The molecule has 0 unspecified atom stereocenters. The standard InChI is InChI=1S/C43H42Cl2N4O7/c44-34-11-6-12-35(45)33(34)14-16-40(51)46-36(23-28-7-2-1-3-8-28)37(50)26-49(41(52)19-22-48-42(53)31-9-4-5-10-32(31)43(48)54)30-17-20-47(21-18-30)25-29-13-15-38-39(24-29)56-27-55-38/h1-16,24,30,36-37,50H,17-23,25-27H2,(H,46,51)/t36-,37-/m0/s1. The second-order valence-electron chi connectivity index (χ2n) is 14.1. The van der Waals surface area contributed by atoms with Crippen LogP contribution < -0.4 is 14.8 Å². The van der Waals surface area contributed by atoms with Gasteiger partial charge in [-0.15, -0.1) is 0 Å². The maximum atomic E-state index is 14.2. The van der Waals surface area contributed by atoms with Gasteiger partial charge in [-0.3, -0.25) is 29.0 Å². The van der Waals surface area contributed by atoms with Gasteiger partial charge in [-0.2, -0.15) is 0 Å². The Morgan fingerprint density at radius 1 is 0.857 bits per heavy atom. The molecule has 3 aliphatic heterocycles. The van der Waals surface area contributed by atoms with Crippen molar-refractivity contribution in [3.8, 4) is 11.5 Å². The van der Waals surface area contributed by atoms with Gasteiger partial charge in [-0.1, -0.05) is 77.8 Å². The van der Waals surface area contributed by atoms with Gasteiger partial charge in [0.15, 0.2) is 11.5 Å². The van der Waals surface area contributed by atoms with E-state index in [1.807, 2.05) is 48.5 Å². The van der Waals surface area contributed by atoms with Crippen LogP contribution in [-0.2, 0) is 22.6 Å². The van der Waals surface area contributed by atoms with Crippen LogP contribution in [0.2, 0.25) is 10.0 Å². The highest BCUT2D eigenvalue weighted by molar-refractivity contribution is 6.37. The van der Waals surface area contributed by atoms with E-state index < -0.39 is 29.9 Å². The lowest BCUT2D eigenvalue weighted by atomic mass is 9.97. The SMILES string of the molecule is O=C(C=Cc1c(Cl)cccc1Cl)N[C@@H](Cc1ccccc1)[C@@H](O)CN(C(=O)CCN1C(=O)c2ccccc2C1=O)C1CCN(Cc2ccc3c(c2)OCO3)CC1. The molecule has 4 amide bonds. The lowest BCUT2D eigenvalue weighted by Gasteiger charge is -2.40. The van der Waals surface area contributed by atoms with Crippen molar-refractivity contribution in [3.05, 3.63) is 135 Å². The Hall–Kier alpha value is -5.20. The van der Waals surface area contributed by atoms with Crippen LogP contribution in [0.4, 0.5) is 0 Å². The average Bonchev–Trinajstić information content (AvgIpc) is 3.77. The van der Waals surface area contributed by atoms with Crippen LogP contribution in [0.15, 0.2) is 97.1 Å². The van der Waals surface area contributed by atoms with Crippen molar-refractivity contribution in [2.45, 2.75) is 50.4 Å². The highest BCUT2D eigenvalue weighted by atomic mass is 35.5. The number of hydrogen-bond donors (Lipinski definition) is 2. The van der Waals surface area contributed by atoms with Crippen LogP contribution in [0.1, 0.15) is 56.7 Å². The van der Waals surface area contributed by atoms with Crippen molar-refractivity contribution >= 4 is 52.9 Å². The monoisotopic (exact) mass is 796 g/mol. The Kier molecular flexibility index (Phi) is 12.4. The number of rotatable bonds is 14. The summed E-state index contributed by atoms with van der Waals surface area (Å²) in [4.78, 5) is 58.9. The zero-order chi connectivity index (χ0) is 39.2. The molecular formula is C43H42Cl2N4O7. The lowest BCUT2D eigenvalue weighted by Crippen LogP contribution is -2.54. The molecule has 0 saturated carbocycles. The fraction of sp³-hybridized carbons (Fsp3) is 0.302. The lowest BCUT2D eigenvalue weighted by molar-refractivity contribution is -0.136. The van der Waals surface area contributed by atoms with Crippen LogP contribution in [0.25, 0.3) is 6.08 Å². The van der Waals surface area contributed by atoms with Gasteiger partial charge in [0.05, 0.1) is 23.3 Å². The molecule has 0 spiro atoms. The predicted molar refractivity (Wildman–Crippen MR) is 213 cm³/mol. The Balaban J connectivity index is 1.07. The van der Waals surface area contributed by atoms with E-state index in [9.17, 15) is 24.3 Å². The fourth-order valence-corrected chi connectivity index (χ4v) is 8.00. The number of aliphatic hydroxyl groups is 1. The Morgan fingerprint density at radius 2 is 1.52 bits per heavy atom. The third-order valence-corrected chi connectivity index (χ3v) is 11.1. The van der Waals surface area contributed by atoms with Gasteiger partial charge in [0.1, 0.15) is 0 Å². The van der Waals surface area contributed by atoms with Gasteiger partial charge in [0, 0.05) is 66.9 Å². The average molecular weight is 798 g/mol. The van der Waals surface area contributed by atoms with Gasteiger partial charge < -0.3 is 24.8 Å². The maximum absolute atomic E-state index is 14.2. The van der Waals surface area contributed by atoms with Gasteiger partial charge in [-0.05, 0) is 72.9 Å². The number of nitrogens with zero attached hydrogens (tertiary/aromatic N) is 3. The number of hydrogen-bond acceptors (Lipinski definition) is 8. The minimum absolute atomic E-state index is 0.0778. The molecule has 2 atom stereocenters. The molecule has 290 valence electrons. The van der Waals surface area contributed by atoms with Crippen LogP contribution in [0.3, 0.4) is 0 Å². The predicted octanol–water partition coefficient (Wildman–Crippen LogP) is 6.00. The first-order valence-electron chi connectivity index (χ1n) is 18.6. The zero-order valence-corrected chi connectivity index (χ0v) is 32.1. The highest BCUT2D eigenvalue weighted by Crippen LogP contribution is 2.33. The third kappa shape index (κ3) is 9.08. The first kappa shape index (κ1) is 39.1. The van der Waals surface area contributed by atoms with E-state index in [1.54, 1.807) is 47.4 Å². The molecule has 3 heterocycles. The molecule has 1 fully saturated rings. The number of benzene rings is 4. The Morgan fingerprint density at radius 3 is 2.21 bits per heavy atom. The van der Waals surface area contributed by atoms with E-state index >= 15 is 0 Å². The normalized spacial score (nSPS) is 16.6. The molecule has 7 rings (SSSR count). The summed E-state index contributed by atoms with van der Waals surface area (Å²) in [5, 5.41) is 15.6. The van der Waals surface area contributed by atoms with Gasteiger partial charge in [0.2, 0.25) is 18.6 Å². The summed E-state index contributed by atoms with van der Waals surface area (Å²) in [6, 6.07) is 26.0. The van der Waals surface area contributed by atoms with Crippen molar-refractivity contribution in [1.82, 2.24) is 20.0 Å². The first-order valence-corrected chi connectivity index (χ1v) is 19.4. The molecule has 4 aromatic carbocycles. The summed E-state index contributed by atoms with van der Waals surface area (Å²) in [5.41, 5.74) is 3.10. The quantitative estimate of drug-likeness (QED) is 0.118. The molecule has 1 saturated heterocycles. The van der Waals surface area contributed by atoms with Crippen molar-refractivity contribution in [2.75, 3.05) is 33.0 Å². The number of ether oxygens (including phenoxy) is 2. The third-order valence-electron chi connectivity index (χ3n) is 10.5. The molecule has 0 aromatic heterocycles. The van der Waals surface area contributed by atoms with Crippen molar-refractivity contribution < 1.29 is 33.8 Å². The van der Waals surface area contributed by atoms with E-state index in [4.69, 9.17) is 32.7 Å². The molecule has 56 heavy (non-hydrogen) atoms. The molecule has 0 aliphatic carbocycles. The second-order valence-corrected chi connectivity index (χ2v) is 15.0. The Labute approximate surface area is 335 Å². The molecule has 0 radical (unpaired) electrons. The van der Waals surface area contributed by atoms with Gasteiger partial charge >= 0.3 is 0 Å². The van der Waals surface area contributed by atoms with E-state index in [1.165, 1.54) is 12.2 Å². The van der Waals surface area contributed by atoms with E-state index in [-0.39, 0.29) is 38.3 Å². The number of nitrogens with one attached hydrogen (secondary N) is 1. The summed E-state index contributed by atoms with van der Waals surface area (Å²) in [6.07, 6.45) is 3.11. The van der Waals surface area contributed by atoms with Crippen molar-refractivity contribution in [1.29, 1.82) is 0 Å². The number of carbonyl (C=O) groups is 4. The number of halogens is 2. The minimum Gasteiger partial charge on any atom is -0.454 e. The summed E-state index contributed by atoms with van der Waals surface area (Å²) in [5.74, 6) is -0.183. The van der Waals surface area contributed by atoms with Crippen molar-refractivity contribution in [3.63, 3.8) is 0 Å². The molecule has 4 aromatic rings. The van der Waals surface area contributed by atoms with E-state index in [2.05, 4.69) is 10.2 Å². The van der Waals surface area contributed by atoms with Crippen LogP contribution in [-0.4, -0.2) is 94.6 Å². The number of imide groups is 1. The maximum Gasteiger partial charge on any atom is 0.261 e. The minimum atomic E-state index is -1.17. The summed E-state index contributed by atoms with van der Waals surface area (Å²) in [7, 11) is 0. The number of fused-ring (bicyclic) bond motifs is 2. The van der Waals surface area contributed by atoms with Gasteiger partial charge in [-0.25, -0.2) is 0 Å². The topological polar surface area (TPSA) is 129 Å². The smallest absolute Gasteiger partial charge is 0.261 e. The molecule has 13 heteroatoms. The zero-order valence-electron chi connectivity index (χ0n) is 30.6. The highest BCUT2D eigenvalue weighted by Gasteiger charge is 2.37. The van der Waals surface area contributed by atoms with E-state index in [0.717, 1.165) is 27.5 Å². The molecule has 11 nitrogen and oxygen atoms in total. The fourth-order valence-electron chi connectivity index (χ4n) is 7.47. The molecule has 2 N–H and O–H groups in total. The number of carbonyl (C=O) groups excluding carboxylic acids is 4. The van der Waals surface area contributed by atoms with Crippen LogP contribution >= 0.6 is 23.2 Å². The molecule has 0 bridgehead atoms. The van der Waals surface area contributed by atoms with Crippen LogP contribution in [0, 0.1) is 0 Å². The first-order chi connectivity index (χ1) is 27.1. The van der Waals surface area contributed by atoms with Crippen LogP contribution in [0.5, 0.6) is 11.5 Å². The van der Waals surface area contributed by atoms with Gasteiger partial charge in [0.25, 0.3) is 11.8 Å². The largest absolute Gasteiger partial charge is 0.454 e. The number of piperidine rings is 1. The Bertz CT molecular complexity index is 2070. The molecular weight excluding hydrogens is 755 g/mol. The summed E-state index contributed by atoms with van der Waals surface area (Å²) < 4.78 is 11.0.